The highest BCUT2D eigenvalue weighted by Gasteiger charge is 2.01. The van der Waals surface area contributed by atoms with Crippen LogP contribution >= 0.6 is 35.0 Å². The Bertz CT molecular complexity index is 488. The molecule has 0 saturated heterocycles. The van der Waals surface area contributed by atoms with E-state index in [0.29, 0.717) is 5.15 Å². The number of hydrogen-bond acceptors (Lipinski definition) is 2. The van der Waals surface area contributed by atoms with E-state index >= 15 is 0 Å². The quantitative estimate of drug-likeness (QED) is 0.593. The van der Waals surface area contributed by atoms with E-state index in [2.05, 4.69) is 4.98 Å². The van der Waals surface area contributed by atoms with E-state index in [1.165, 1.54) is 0 Å². The molecule has 2 rings (SSSR count). The molecule has 0 aliphatic carbocycles. The lowest BCUT2D eigenvalue weighted by molar-refractivity contribution is 1.25. The summed E-state index contributed by atoms with van der Waals surface area (Å²) >= 11 is 13.6. The molecule has 1 nitrogen and oxygen atoms in total. The molecule has 0 aliphatic heterocycles. The number of halogens is 2. The van der Waals surface area contributed by atoms with Crippen LogP contribution in [0, 0.1) is 0 Å². The zero-order chi connectivity index (χ0) is 11.4. The summed E-state index contributed by atoms with van der Waals surface area (Å²) in [7, 11) is 0. The number of benzene rings is 1. The van der Waals surface area contributed by atoms with Gasteiger partial charge in [-0.3, -0.25) is 0 Å². The summed E-state index contributed by atoms with van der Waals surface area (Å²) in [5.41, 5.74) is 1.04. The van der Waals surface area contributed by atoms with Crippen LogP contribution in [0.3, 0.4) is 0 Å². The van der Waals surface area contributed by atoms with Gasteiger partial charge in [-0.1, -0.05) is 35.3 Å². The number of rotatable bonds is 3. The first kappa shape index (κ1) is 11.8. The third kappa shape index (κ3) is 3.14. The molecule has 0 radical (unpaired) electrons. The molecule has 1 aromatic heterocycles. The van der Waals surface area contributed by atoms with Crippen LogP contribution in [-0.4, -0.2) is 4.98 Å². The van der Waals surface area contributed by atoms with Crippen LogP contribution < -0.4 is 0 Å². The zero-order valence-corrected chi connectivity index (χ0v) is 10.7. The maximum Gasteiger partial charge on any atom is 0.133 e. The monoisotopic (exact) mass is 269 g/mol. The molecule has 0 spiro atoms. The SMILES string of the molecule is Clc1cccc(SCc2cccnc2Cl)c1. The highest BCUT2D eigenvalue weighted by Crippen LogP contribution is 2.27. The van der Waals surface area contributed by atoms with Crippen LogP contribution in [0.25, 0.3) is 0 Å². The second kappa shape index (κ2) is 5.58. The predicted octanol–water partition coefficient (Wildman–Crippen LogP) is 4.68. The lowest BCUT2D eigenvalue weighted by atomic mass is 10.3. The van der Waals surface area contributed by atoms with Gasteiger partial charge in [0.15, 0.2) is 0 Å². The molecular weight excluding hydrogens is 261 g/mol. The van der Waals surface area contributed by atoms with E-state index in [1.807, 2.05) is 36.4 Å². The molecular formula is C12H9Cl2NS. The van der Waals surface area contributed by atoms with Crippen molar-refractivity contribution in [1.29, 1.82) is 0 Å². The maximum absolute atomic E-state index is 5.97. The van der Waals surface area contributed by atoms with Gasteiger partial charge in [0.25, 0.3) is 0 Å². The van der Waals surface area contributed by atoms with Crippen molar-refractivity contribution in [3.63, 3.8) is 0 Å². The van der Waals surface area contributed by atoms with Crippen molar-refractivity contribution < 1.29 is 0 Å². The van der Waals surface area contributed by atoms with Gasteiger partial charge in [-0.05, 0) is 29.8 Å². The van der Waals surface area contributed by atoms with Gasteiger partial charge in [-0.2, -0.15) is 0 Å². The van der Waals surface area contributed by atoms with Gasteiger partial charge >= 0.3 is 0 Å². The minimum absolute atomic E-state index is 0.567. The Labute approximate surface area is 109 Å². The Hall–Kier alpha value is -0.700. The highest BCUT2D eigenvalue weighted by atomic mass is 35.5. The standard InChI is InChI=1S/C12H9Cl2NS/c13-10-4-1-5-11(7-10)16-8-9-3-2-6-15-12(9)14/h1-7H,8H2. The molecule has 0 unspecified atom stereocenters. The molecule has 2 aromatic rings. The van der Waals surface area contributed by atoms with Gasteiger partial charge < -0.3 is 0 Å². The highest BCUT2D eigenvalue weighted by molar-refractivity contribution is 7.98. The number of pyridine rings is 1. The lowest BCUT2D eigenvalue weighted by Gasteiger charge is -2.03. The number of aromatic nitrogens is 1. The molecule has 0 fully saturated rings. The fraction of sp³-hybridized carbons (Fsp3) is 0.0833. The average Bonchev–Trinajstić information content (AvgIpc) is 2.28. The Morgan fingerprint density at radius 2 is 2.00 bits per heavy atom. The molecule has 0 aliphatic rings. The van der Waals surface area contributed by atoms with Crippen molar-refractivity contribution in [3.05, 3.63) is 58.3 Å². The smallest absolute Gasteiger partial charge is 0.133 e. The van der Waals surface area contributed by atoms with E-state index in [0.717, 1.165) is 21.2 Å². The molecule has 0 bridgehead atoms. The molecule has 0 saturated carbocycles. The van der Waals surface area contributed by atoms with Crippen molar-refractivity contribution in [2.45, 2.75) is 10.6 Å². The third-order valence-electron chi connectivity index (χ3n) is 2.03. The van der Waals surface area contributed by atoms with Crippen molar-refractivity contribution in [2.75, 3.05) is 0 Å². The van der Waals surface area contributed by atoms with Crippen LogP contribution in [0.4, 0.5) is 0 Å². The van der Waals surface area contributed by atoms with Gasteiger partial charge in [0.2, 0.25) is 0 Å². The summed E-state index contributed by atoms with van der Waals surface area (Å²) in [6.45, 7) is 0. The van der Waals surface area contributed by atoms with Crippen LogP contribution in [0.1, 0.15) is 5.56 Å². The molecule has 4 heteroatoms. The van der Waals surface area contributed by atoms with Crippen LogP contribution in [0.15, 0.2) is 47.5 Å². The minimum Gasteiger partial charge on any atom is -0.244 e. The summed E-state index contributed by atoms with van der Waals surface area (Å²) in [5, 5.41) is 1.32. The maximum atomic E-state index is 5.97. The number of hydrogen-bond donors (Lipinski definition) is 0. The Morgan fingerprint density at radius 3 is 2.75 bits per heavy atom. The molecule has 0 atom stereocenters. The van der Waals surface area contributed by atoms with E-state index in [1.54, 1.807) is 18.0 Å². The van der Waals surface area contributed by atoms with Crippen LogP contribution in [0.5, 0.6) is 0 Å². The van der Waals surface area contributed by atoms with Crippen molar-refractivity contribution in [1.82, 2.24) is 4.98 Å². The van der Waals surface area contributed by atoms with E-state index in [4.69, 9.17) is 23.2 Å². The largest absolute Gasteiger partial charge is 0.244 e. The predicted molar refractivity (Wildman–Crippen MR) is 70.3 cm³/mol. The molecule has 82 valence electrons. The van der Waals surface area contributed by atoms with Gasteiger partial charge in [0.05, 0.1) is 0 Å². The fourth-order valence-corrected chi connectivity index (χ4v) is 2.71. The van der Waals surface area contributed by atoms with Crippen LogP contribution in [0.2, 0.25) is 10.2 Å². The van der Waals surface area contributed by atoms with Gasteiger partial charge in [-0.25, -0.2) is 4.98 Å². The lowest BCUT2D eigenvalue weighted by Crippen LogP contribution is -1.85. The normalized spacial score (nSPS) is 10.4. The van der Waals surface area contributed by atoms with Crippen molar-refractivity contribution in [3.8, 4) is 0 Å². The summed E-state index contributed by atoms with van der Waals surface area (Å²) in [4.78, 5) is 5.17. The van der Waals surface area contributed by atoms with Gasteiger partial charge in [0, 0.05) is 21.9 Å². The third-order valence-corrected chi connectivity index (χ3v) is 3.64. The minimum atomic E-state index is 0.567. The number of nitrogens with zero attached hydrogens (tertiary/aromatic N) is 1. The van der Waals surface area contributed by atoms with Crippen molar-refractivity contribution >= 4 is 35.0 Å². The van der Waals surface area contributed by atoms with Crippen molar-refractivity contribution in [2.24, 2.45) is 0 Å². The molecule has 16 heavy (non-hydrogen) atoms. The summed E-state index contributed by atoms with van der Waals surface area (Å²) in [5.74, 6) is 0.799. The summed E-state index contributed by atoms with van der Waals surface area (Å²) in [6, 6.07) is 11.6. The average molecular weight is 270 g/mol. The Morgan fingerprint density at radius 1 is 1.12 bits per heavy atom. The molecule has 1 heterocycles. The fourth-order valence-electron chi connectivity index (χ4n) is 1.24. The first-order valence-corrected chi connectivity index (χ1v) is 6.47. The Balaban J connectivity index is 2.05. The van der Waals surface area contributed by atoms with E-state index in [9.17, 15) is 0 Å². The molecule has 1 aromatic carbocycles. The zero-order valence-electron chi connectivity index (χ0n) is 8.36. The first-order valence-electron chi connectivity index (χ1n) is 4.73. The van der Waals surface area contributed by atoms with E-state index in [-0.39, 0.29) is 0 Å². The second-order valence-electron chi connectivity index (χ2n) is 3.20. The molecule has 0 N–H and O–H groups in total. The number of thioether (sulfide) groups is 1. The molecule has 0 amide bonds. The first-order chi connectivity index (χ1) is 7.75. The van der Waals surface area contributed by atoms with Crippen LogP contribution in [-0.2, 0) is 5.75 Å². The Kier molecular flexibility index (Phi) is 4.10. The second-order valence-corrected chi connectivity index (χ2v) is 5.04. The topological polar surface area (TPSA) is 12.9 Å². The summed E-state index contributed by atoms with van der Waals surface area (Å²) in [6.07, 6.45) is 1.69. The summed E-state index contributed by atoms with van der Waals surface area (Å²) < 4.78 is 0. The van der Waals surface area contributed by atoms with Gasteiger partial charge in [-0.15, -0.1) is 11.8 Å². The van der Waals surface area contributed by atoms with Gasteiger partial charge in [0.1, 0.15) is 5.15 Å². The van der Waals surface area contributed by atoms with E-state index < -0.39 is 0 Å².